The van der Waals surface area contributed by atoms with E-state index < -0.39 is 18.5 Å². The van der Waals surface area contributed by atoms with Crippen molar-refractivity contribution >= 4 is 34.7 Å². The molecule has 2 rings (SSSR count). The highest BCUT2D eigenvalue weighted by Gasteiger charge is 2.15. The van der Waals surface area contributed by atoms with Crippen LogP contribution in [0.4, 0.5) is 5.69 Å². The van der Waals surface area contributed by atoms with Crippen molar-refractivity contribution in [2.45, 2.75) is 6.92 Å². The number of carbonyl (C=O) groups is 3. The number of hydrogen-bond donors (Lipinski definition) is 1. The maximum absolute atomic E-state index is 11.9. The Balaban J connectivity index is 1.91. The van der Waals surface area contributed by atoms with Gasteiger partial charge in [-0.1, -0.05) is 0 Å². The number of anilines is 1. The van der Waals surface area contributed by atoms with Crippen LogP contribution in [0, 0.1) is 0 Å². The van der Waals surface area contributed by atoms with Crippen molar-refractivity contribution in [2.24, 2.45) is 0 Å². The van der Waals surface area contributed by atoms with E-state index in [1.807, 2.05) is 0 Å². The van der Waals surface area contributed by atoms with Gasteiger partial charge in [0, 0.05) is 11.8 Å². The maximum Gasteiger partial charge on any atom is 0.348 e. The molecular weight excluding hydrogens is 346 g/mol. The van der Waals surface area contributed by atoms with E-state index in [0.29, 0.717) is 22.1 Å². The molecule has 1 N–H and O–H groups in total. The Morgan fingerprint density at radius 2 is 1.68 bits per heavy atom. The first kappa shape index (κ1) is 18.5. The van der Waals surface area contributed by atoms with Crippen LogP contribution in [0.5, 0.6) is 11.5 Å². The fourth-order valence-electron chi connectivity index (χ4n) is 1.95. The lowest BCUT2D eigenvalue weighted by atomic mass is 10.2. The van der Waals surface area contributed by atoms with Crippen molar-refractivity contribution in [1.82, 2.24) is 0 Å². The monoisotopic (exact) mass is 363 g/mol. The summed E-state index contributed by atoms with van der Waals surface area (Å²) < 4.78 is 15.2. The smallest absolute Gasteiger partial charge is 0.348 e. The van der Waals surface area contributed by atoms with Crippen LogP contribution in [0.1, 0.15) is 26.3 Å². The molecule has 25 heavy (non-hydrogen) atoms. The summed E-state index contributed by atoms with van der Waals surface area (Å²) in [6.45, 7) is 0.970. The second kappa shape index (κ2) is 8.29. The Morgan fingerprint density at radius 1 is 1.00 bits per heavy atom. The van der Waals surface area contributed by atoms with Crippen LogP contribution in [-0.2, 0) is 9.53 Å². The van der Waals surface area contributed by atoms with Crippen molar-refractivity contribution in [3.63, 3.8) is 0 Å². The van der Waals surface area contributed by atoms with Gasteiger partial charge in [-0.25, -0.2) is 4.79 Å². The third-order valence-electron chi connectivity index (χ3n) is 3.16. The number of Topliss-reactive ketones (excluding diaryl/α,β-unsaturated/α-hetero) is 1. The molecular formula is C17H17NO6S. The van der Waals surface area contributed by atoms with Crippen LogP contribution < -0.4 is 14.8 Å². The Hall–Kier alpha value is -2.87. The molecule has 0 unspecified atom stereocenters. The number of benzene rings is 1. The summed E-state index contributed by atoms with van der Waals surface area (Å²) in [7, 11) is 3.00. The molecule has 0 saturated carbocycles. The molecule has 8 heteroatoms. The molecule has 1 heterocycles. The van der Waals surface area contributed by atoms with Crippen LogP contribution in [-0.4, -0.2) is 38.5 Å². The molecule has 0 radical (unpaired) electrons. The molecule has 0 aliphatic rings. The molecule has 0 bridgehead atoms. The summed E-state index contributed by atoms with van der Waals surface area (Å²) in [6, 6.07) is 7.93. The molecule has 0 fully saturated rings. The number of hydrogen-bond acceptors (Lipinski definition) is 7. The Morgan fingerprint density at radius 3 is 2.28 bits per heavy atom. The van der Waals surface area contributed by atoms with Crippen molar-refractivity contribution < 1.29 is 28.6 Å². The van der Waals surface area contributed by atoms with Gasteiger partial charge in [0.1, 0.15) is 4.88 Å². The topological polar surface area (TPSA) is 90.9 Å². The molecule has 0 spiro atoms. The minimum absolute atomic E-state index is 0.129. The molecule has 132 valence electrons. The van der Waals surface area contributed by atoms with Crippen molar-refractivity contribution in [3.8, 4) is 11.5 Å². The van der Waals surface area contributed by atoms with Crippen LogP contribution in [0.25, 0.3) is 0 Å². The van der Waals surface area contributed by atoms with E-state index in [9.17, 15) is 14.4 Å². The van der Waals surface area contributed by atoms with E-state index in [1.165, 1.54) is 27.2 Å². The van der Waals surface area contributed by atoms with Gasteiger partial charge < -0.3 is 19.5 Å². The van der Waals surface area contributed by atoms with Gasteiger partial charge in [-0.3, -0.25) is 9.59 Å². The quantitative estimate of drug-likeness (QED) is 0.601. The molecule has 2 aromatic rings. The Kier molecular flexibility index (Phi) is 6.13. The second-order valence-corrected chi connectivity index (χ2v) is 6.00. The average molecular weight is 363 g/mol. The van der Waals surface area contributed by atoms with Crippen LogP contribution in [0.2, 0.25) is 0 Å². The standard InChI is InChI=1S/C17H17NO6S/c1-10(19)14-6-7-15(25-14)17(21)24-9-16(20)18-11-4-5-12(22-2)13(8-11)23-3/h4-8H,9H2,1-3H3,(H,18,20). The van der Waals surface area contributed by atoms with Crippen molar-refractivity contribution in [1.29, 1.82) is 0 Å². The van der Waals surface area contributed by atoms with Crippen LogP contribution >= 0.6 is 11.3 Å². The molecule has 1 aromatic heterocycles. The normalized spacial score (nSPS) is 10.0. The van der Waals surface area contributed by atoms with Crippen LogP contribution in [0.15, 0.2) is 30.3 Å². The summed E-state index contributed by atoms with van der Waals surface area (Å²) in [4.78, 5) is 35.7. The minimum atomic E-state index is -0.653. The van der Waals surface area contributed by atoms with Gasteiger partial charge in [0.25, 0.3) is 5.91 Å². The molecule has 0 atom stereocenters. The van der Waals surface area contributed by atoms with Crippen LogP contribution in [0.3, 0.4) is 0 Å². The number of esters is 1. The first-order chi connectivity index (χ1) is 11.9. The summed E-state index contributed by atoms with van der Waals surface area (Å²) in [5, 5.41) is 2.60. The van der Waals surface area contributed by atoms with E-state index in [2.05, 4.69) is 5.32 Å². The lowest BCUT2D eigenvalue weighted by Gasteiger charge is -2.10. The van der Waals surface area contributed by atoms with Gasteiger partial charge in [-0.15, -0.1) is 11.3 Å². The van der Waals surface area contributed by atoms with Gasteiger partial charge in [0.15, 0.2) is 23.9 Å². The predicted octanol–water partition coefficient (Wildman–Crippen LogP) is 2.76. The summed E-state index contributed by atoms with van der Waals surface area (Å²) in [6.07, 6.45) is 0. The molecule has 0 aliphatic heterocycles. The highest BCUT2D eigenvalue weighted by atomic mass is 32.1. The van der Waals surface area contributed by atoms with E-state index in [0.717, 1.165) is 11.3 Å². The van der Waals surface area contributed by atoms with Gasteiger partial charge in [0.05, 0.1) is 19.1 Å². The van der Waals surface area contributed by atoms with Gasteiger partial charge >= 0.3 is 5.97 Å². The second-order valence-electron chi connectivity index (χ2n) is 4.91. The fourth-order valence-corrected chi connectivity index (χ4v) is 2.75. The van der Waals surface area contributed by atoms with Gasteiger partial charge in [-0.2, -0.15) is 0 Å². The predicted molar refractivity (Wildman–Crippen MR) is 92.8 cm³/mol. The summed E-state index contributed by atoms with van der Waals surface area (Å²) in [5.74, 6) is -0.280. The van der Waals surface area contributed by atoms with Crippen molar-refractivity contribution in [2.75, 3.05) is 26.1 Å². The molecule has 7 nitrogen and oxygen atoms in total. The molecule has 0 saturated heterocycles. The minimum Gasteiger partial charge on any atom is -0.493 e. The first-order valence-corrected chi connectivity index (χ1v) is 8.06. The summed E-state index contributed by atoms with van der Waals surface area (Å²) in [5.41, 5.74) is 0.480. The highest BCUT2D eigenvalue weighted by Crippen LogP contribution is 2.29. The SMILES string of the molecule is COc1ccc(NC(=O)COC(=O)c2ccc(C(C)=O)s2)cc1OC. The maximum atomic E-state index is 11.9. The van der Waals surface area contributed by atoms with Crippen molar-refractivity contribution in [3.05, 3.63) is 40.1 Å². The van der Waals surface area contributed by atoms with E-state index in [1.54, 1.807) is 24.3 Å². The fraction of sp³-hybridized carbons (Fsp3) is 0.235. The first-order valence-electron chi connectivity index (χ1n) is 7.24. The number of ketones is 1. The Labute approximate surface area is 148 Å². The third-order valence-corrected chi connectivity index (χ3v) is 4.32. The van der Waals surface area contributed by atoms with Gasteiger partial charge in [-0.05, 0) is 31.2 Å². The zero-order valence-electron chi connectivity index (χ0n) is 14.0. The number of nitrogens with one attached hydrogen (secondary N) is 1. The largest absolute Gasteiger partial charge is 0.493 e. The number of rotatable bonds is 7. The average Bonchev–Trinajstić information content (AvgIpc) is 3.10. The van der Waals surface area contributed by atoms with E-state index in [-0.39, 0.29) is 10.7 Å². The van der Waals surface area contributed by atoms with E-state index in [4.69, 9.17) is 14.2 Å². The van der Waals surface area contributed by atoms with E-state index >= 15 is 0 Å². The number of methoxy groups -OCH3 is 2. The number of ether oxygens (including phenoxy) is 3. The van der Waals surface area contributed by atoms with Gasteiger partial charge in [0.2, 0.25) is 0 Å². The summed E-state index contributed by atoms with van der Waals surface area (Å²) >= 11 is 1.03. The number of thiophene rings is 1. The number of amides is 1. The molecule has 0 aliphatic carbocycles. The zero-order chi connectivity index (χ0) is 18.4. The number of carbonyl (C=O) groups excluding carboxylic acids is 3. The third kappa shape index (κ3) is 4.80. The Bertz CT molecular complexity index is 798. The molecule has 1 aromatic carbocycles. The highest BCUT2D eigenvalue weighted by molar-refractivity contribution is 7.15. The lowest BCUT2D eigenvalue weighted by Crippen LogP contribution is -2.20. The molecule has 1 amide bonds. The lowest BCUT2D eigenvalue weighted by molar-refractivity contribution is -0.119. The zero-order valence-corrected chi connectivity index (χ0v) is 14.8.